The van der Waals surface area contributed by atoms with Crippen molar-refractivity contribution in [1.29, 1.82) is 0 Å². The van der Waals surface area contributed by atoms with E-state index in [1.165, 1.54) is 24.3 Å². The van der Waals surface area contributed by atoms with Crippen molar-refractivity contribution >= 4 is 5.69 Å². The highest BCUT2D eigenvalue weighted by molar-refractivity contribution is 5.71. The third-order valence-electron chi connectivity index (χ3n) is 2.67. The largest absolute Gasteiger partial charge is 0.502 e. The molecule has 0 saturated carbocycles. The number of nitro groups is 1. The van der Waals surface area contributed by atoms with E-state index in [2.05, 4.69) is 0 Å². The van der Waals surface area contributed by atoms with Gasteiger partial charge in [0, 0.05) is 6.07 Å². The summed E-state index contributed by atoms with van der Waals surface area (Å²) in [6.07, 6.45) is 0. The van der Waals surface area contributed by atoms with Crippen LogP contribution < -0.4 is 0 Å². The normalized spacial score (nSPS) is 10.3. The van der Waals surface area contributed by atoms with Crippen molar-refractivity contribution in [2.75, 3.05) is 0 Å². The minimum Gasteiger partial charge on any atom is -0.502 e. The zero-order valence-electron chi connectivity index (χ0n) is 9.55. The highest BCUT2D eigenvalue weighted by atomic mass is 19.1. The number of nitro benzene ring substituents is 1. The number of hydrogen-bond donors (Lipinski definition) is 1. The van der Waals surface area contributed by atoms with Crippen molar-refractivity contribution in [3.63, 3.8) is 0 Å². The lowest BCUT2D eigenvalue weighted by molar-refractivity contribution is -0.385. The molecule has 4 nitrogen and oxygen atoms in total. The summed E-state index contributed by atoms with van der Waals surface area (Å²) in [5.41, 5.74) is 1.57. The Hall–Kier alpha value is -2.43. The predicted octanol–water partition coefficient (Wildman–Crippen LogP) is 3.41. The molecule has 0 radical (unpaired) electrons. The molecule has 0 aromatic heterocycles. The van der Waals surface area contributed by atoms with Crippen LogP contribution in [0.5, 0.6) is 5.75 Å². The molecule has 18 heavy (non-hydrogen) atoms. The fourth-order valence-corrected chi connectivity index (χ4v) is 1.79. The van der Waals surface area contributed by atoms with Crippen molar-refractivity contribution in [3.05, 3.63) is 57.9 Å². The minimum atomic E-state index is -0.655. The average Bonchev–Trinajstić information content (AvgIpc) is 2.30. The van der Waals surface area contributed by atoms with Crippen LogP contribution in [0.25, 0.3) is 11.1 Å². The van der Waals surface area contributed by atoms with Crippen molar-refractivity contribution in [1.82, 2.24) is 0 Å². The number of benzene rings is 2. The molecule has 2 rings (SSSR count). The van der Waals surface area contributed by atoms with Crippen LogP contribution in [0.2, 0.25) is 0 Å². The Morgan fingerprint density at radius 3 is 2.56 bits per heavy atom. The summed E-state index contributed by atoms with van der Waals surface area (Å²) in [6.45, 7) is 1.72. The van der Waals surface area contributed by atoms with Crippen molar-refractivity contribution < 1.29 is 14.4 Å². The first kappa shape index (κ1) is 12.0. The molecule has 0 fully saturated rings. The maximum atomic E-state index is 13.0. The van der Waals surface area contributed by atoms with Gasteiger partial charge >= 0.3 is 5.69 Å². The van der Waals surface area contributed by atoms with Crippen LogP contribution in [-0.4, -0.2) is 10.0 Å². The number of rotatable bonds is 2. The lowest BCUT2D eigenvalue weighted by Crippen LogP contribution is -1.91. The van der Waals surface area contributed by atoms with Crippen molar-refractivity contribution in [2.24, 2.45) is 0 Å². The second kappa shape index (κ2) is 4.44. The maximum absolute atomic E-state index is 13.0. The van der Waals surface area contributed by atoms with Crippen LogP contribution in [0.1, 0.15) is 5.56 Å². The zero-order valence-corrected chi connectivity index (χ0v) is 9.55. The molecule has 2 aromatic rings. The number of phenols is 1. The number of aromatic hydroxyl groups is 1. The molecule has 0 aliphatic heterocycles. The number of aryl methyl sites for hydroxylation is 1. The van der Waals surface area contributed by atoms with Crippen LogP contribution in [0.15, 0.2) is 36.4 Å². The molecule has 0 aliphatic rings. The van der Waals surface area contributed by atoms with Gasteiger partial charge in [-0.25, -0.2) is 4.39 Å². The molecule has 0 atom stereocenters. The summed E-state index contributed by atoms with van der Waals surface area (Å²) < 4.78 is 13.0. The summed E-state index contributed by atoms with van der Waals surface area (Å²) in [7, 11) is 0. The number of halogens is 1. The Morgan fingerprint density at radius 2 is 1.94 bits per heavy atom. The monoisotopic (exact) mass is 247 g/mol. The number of nitrogens with zero attached hydrogens (tertiary/aromatic N) is 1. The fourth-order valence-electron chi connectivity index (χ4n) is 1.79. The number of hydrogen-bond acceptors (Lipinski definition) is 3. The molecule has 5 heteroatoms. The highest BCUT2D eigenvalue weighted by Crippen LogP contribution is 2.32. The van der Waals surface area contributed by atoms with Crippen LogP contribution in [-0.2, 0) is 0 Å². The van der Waals surface area contributed by atoms with E-state index < -0.39 is 4.92 Å². The lowest BCUT2D eigenvalue weighted by Gasteiger charge is -2.06. The molecule has 1 N–H and O–H groups in total. The van der Waals surface area contributed by atoms with Crippen LogP contribution in [0, 0.1) is 22.9 Å². The molecule has 0 unspecified atom stereocenters. The predicted molar refractivity (Wildman–Crippen MR) is 64.9 cm³/mol. The van der Waals surface area contributed by atoms with Gasteiger partial charge in [-0.2, -0.15) is 0 Å². The molecule has 0 saturated heterocycles. The smallest absolute Gasteiger partial charge is 0.311 e. The average molecular weight is 247 g/mol. The van der Waals surface area contributed by atoms with E-state index in [1.807, 2.05) is 0 Å². The summed E-state index contributed by atoms with van der Waals surface area (Å²) >= 11 is 0. The first-order chi connectivity index (χ1) is 8.49. The Morgan fingerprint density at radius 1 is 1.22 bits per heavy atom. The summed E-state index contributed by atoms with van der Waals surface area (Å²) in [5.74, 6) is -0.743. The van der Waals surface area contributed by atoms with E-state index in [1.54, 1.807) is 19.1 Å². The fraction of sp³-hybridized carbons (Fsp3) is 0.0769. The summed E-state index contributed by atoms with van der Waals surface area (Å²) in [4.78, 5) is 10.1. The minimum absolute atomic E-state index is 0.357. The van der Waals surface area contributed by atoms with Gasteiger partial charge in [0.15, 0.2) is 5.75 Å². The van der Waals surface area contributed by atoms with E-state index in [-0.39, 0.29) is 17.3 Å². The molecular weight excluding hydrogens is 237 g/mol. The zero-order chi connectivity index (χ0) is 13.3. The molecule has 0 heterocycles. The van der Waals surface area contributed by atoms with E-state index in [0.717, 1.165) is 0 Å². The van der Waals surface area contributed by atoms with Gasteiger partial charge in [0.25, 0.3) is 0 Å². The molecule has 0 aliphatic carbocycles. The van der Waals surface area contributed by atoms with Gasteiger partial charge in [-0.1, -0.05) is 12.1 Å². The molecule has 2 aromatic carbocycles. The molecule has 92 valence electrons. The molecule has 0 spiro atoms. The van der Waals surface area contributed by atoms with E-state index in [9.17, 15) is 19.6 Å². The topological polar surface area (TPSA) is 63.4 Å². The standard InChI is InChI=1S/C13H10FNO3/c1-8-6-10(14)3-4-11(8)9-2-5-13(16)12(7-9)15(17)18/h2-7,16H,1H3. The van der Waals surface area contributed by atoms with E-state index in [0.29, 0.717) is 16.7 Å². The first-order valence-corrected chi connectivity index (χ1v) is 5.23. The van der Waals surface area contributed by atoms with Gasteiger partial charge in [-0.05, 0) is 41.8 Å². The summed E-state index contributed by atoms with van der Waals surface area (Å²) in [5, 5.41) is 20.1. The third-order valence-corrected chi connectivity index (χ3v) is 2.67. The SMILES string of the molecule is Cc1cc(F)ccc1-c1ccc(O)c([N+](=O)[O-])c1. The summed E-state index contributed by atoms with van der Waals surface area (Å²) in [6, 6.07) is 8.30. The van der Waals surface area contributed by atoms with Gasteiger partial charge in [0.1, 0.15) is 5.82 Å². The molecule has 0 bridgehead atoms. The second-order valence-corrected chi connectivity index (χ2v) is 3.92. The quantitative estimate of drug-likeness (QED) is 0.653. The highest BCUT2D eigenvalue weighted by Gasteiger charge is 2.15. The van der Waals surface area contributed by atoms with Crippen LogP contribution in [0.3, 0.4) is 0 Å². The van der Waals surface area contributed by atoms with Crippen LogP contribution in [0.4, 0.5) is 10.1 Å². The van der Waals surface area contributed by atoms with E-state index >= 15 is 0 Å². The Kier molecular flexibility index (Phi) is 2.97. The van der Waals surface area contributed by atoms with Gasteiger partial charge < -0.3 is 5.11 Å². The maximum Gasteiger partial charge on any atom is 0.311 e. The van der Waals surface area contributed by atoms with Gasteiger partial charge in [0.2, 0.25) is 0 Å². The second-order valence-electron chi connectivity index (χ2n) is 3.92. The molecular formula is C13H10FNO3. The lowest BCUT2D eigenvalue weighted by atomic mass is 10.00. The molecule has 0 amide bonds. The Balaban J connectivity index is 2.58. The first-order valence-electron chi connectivity index (χ1n) is 5.23. The van der Waals surface area contributed by atoms with Crippen LogP contribution >= 0.6 is 0 Å². The van der Waals surface area contributed by atoms with Crippen molar-refractivity contribution in [2.45, 2.75) is 6.92 Å². The van der Waals surface area contributed by atoms with Gasteiger partial charge in [0.05, 0.1) is 4.92 Å². The Bertz CT molecular complexity index is 626. The third kappa shape index (κ3) is 2.15. The van der Waals surface area contributed by atoms with Gasteiger partial charge in [-0.3, -0.25) is 10.1 Å². The van der Waals surface area contributed by atoms with E-state index in [4.69, 9.17) is 0 Å². The van der Waals surface area contributed by atoms with Gasteiger partial charge in [-0.15, -0.1) is 0 Å². The number of phenolic OH excluding ortho intramolecular Hbond substituents is 1. The van der Waals surface area contributed by atoms with Crippen molar-refractivity contribution in [3.8, 4) is 16.9 Å². The Labute approximate surface area is 102 Å².